The van der Waals surface area contributed by atoms with Crippen LogP contribution in [0.4, 0.5) is 0 Å². The predicted molar refractivity (Wildman–Crippen MR) is 101 cm³/mol. The number of benzene rings is 3. The van der Waals surface area contributed by atoms with Crippen LogP contribution in [-0.2, 0) is 5.41 Å². The summed E-state index contributed by atoms with van der Waals surface area (Å²) >= 11 is 0. The van der Waals surface area contributed by atoms with Crippen molar-refractivity contribution < 1.29 is 0 Å². The van der Waals surface area contributed by atoms with Gasteiger partial charge in [0.15, 0.2) is 0 Å². The minimum absolute atomic E-state index is 0.126. The second-order valence-electron chi connectivity index (χ2n) is 7.18. The molecule has 0 aliphatic rings. The lowest BCUT2D eigenvalue weighted by Gasteiger charge is -2.23. The van der Waals surface area contributed by atoms with E-state index < -0.39 is 0 Å². The summed E-state index contributed by atoms with van der Waals surface area (Å²) in [7, 11) is 0. The van der Waals surface area contributed by atoms with Gasteiger partial charge in [-0.15, -0.1) is 0 Å². The summed E-state index contributed by atoms with van der Waals surface area (Å²) in [4.78, 5) is 0. The molecule has 0 amide bonds. The molecular formula is C23H24. The molecule has 116 valence electrons. The van der Waals surface area contributed by atoms with Gasteiger partial charge in [0.25, 0.3) is 0 Å². The van der Waals surface area contributed by atoms with Gasteiger partial charge in [-0.3, -0.25) is 0 Å². The van der Waals surface area contributed by atoms with Crippen molar-refractivity contribution in [2.75, 3.05) is 0 Å². The van der Waals surface area contributed by atoms with Crippen LogP contribution in [0.1, 0.15) is 31.9 Å². The Bertz CT molecular complexity index is 730. The Morgan fingerprint density at radius 2 is 1.00 bits per heavy atom. The minimum atomic E-state index is 0.126. The fraction of sp³-hybridized carbons (Fsp3) is 0.217. The maximum atomic E-state index is 2.36. The Labute approximate surface area is 139 Å². The van der Waals surface area contributed by atoms with E-state index in [1.807, 2.05) is 0 Å². The van der Waals surface area contributed by atoms with Crippen LogP contribution in [0.15, 0.2) is 72.8 Å². The highest BCUT2D eigenvalue weighted by molar-refractivity contribution is 5.79. The average Bonchev–Trinajstić information content (AvgIpc) is 2.55. The molecule has 0 atom stereocenters. The van der Waals surface area contributed by atoms with Gasteiger partial charge in [0, 0.05) is 0 Å². The monoisotopic (exact) mass is 300 g/mol. The Kier molecular flexibility index (Phi) is 4.09. The minimum Gasteiger partial charge on any atom is -0.0622 e. The van der Waals surface area contributed by atoms with Crippen LogP contribution >= 0.6 is 0 Å². The first-order chi connectivity index (χ1) is 11.0. The van der Waals surface area contributed by atoms with Crippen molar-refractivity contribution in [2.24, 2.45) is 0 Å². The van der Waals surface area contributed by atoms with Gasteiger partial charge in [0.05, 0.1) is 0 Å². The lowest BCUT2D eigenvalue weighted by molar-refractivity contribution is 0.590. The summed E-state index contributed by atoms with van der Waals surface area (Å²) < 4.78 is 0. The van der Waals surface area contributed by atoms with E-state index in [0.717, 1.165) is 0 Å². The van der Waals surface area contributed by atoms with Crippen LogP contribution < -0.4 is 0 Å². The van der Waals surface area contributed by atoms with Gasteiger partial charge in [0.2, 0.25) is 0 Å². The van der Waals surface area contributed by atoms with E-state index in [9.17, 15) is 0 Å². The standard InChI is InChI=1S/C23H24/c1-17-21(18-11-7-5-8-12-18)15-20(23(2,3)4)16-22(17)19-13-9-6-10-14-19/h5-16H,1-4H3. The topological polar surface area (TPSA) is 0 Å². The largest absolute Gasteiger partial charge is 0.0622 e. The van der Waals surface area contributed by atoms with E-state index in [1.54, 1.807) is 0 Å². The summed E-state index contributed by atoms with van der Waals surface area (Å²) in [6.07, 6.45) is 0. The van der Waals surface area contributed by atoms with E-state index in [-0.39, 0.29) is 5.41 Å². The predicted octanol–water partition coefficient (Wildman–Crippen LogP) is 6.63. The zero-order chi connectivity index (χ0) is 16.4. The quantitative estimate of drug-likeness (QED) is 0.498. The van der Waals surface area contributed by atoms with Crippen LogP contribution in [0, 0.1) is 6.92 Å². The molecule has 0 heterocycles. The molecule has 0 aliphatic heterocycles. The molecule has 0 saturated heterocycles. The van der Waals surface area contributed by atoms with Gasteiger partial charge < -0.3 is 0 Å². The Morgan fingerprint density at radius 3 is 1.35 bits per heavy atom. The molecule has 3 rings (SSSR count). The molecule has 3 aromatic rings. The molecular weight excluding hydrogens is 276 g/mol. The maximum absolute atomic E-state index is 2.36. The summed E-state index contributed by atoms with van der Waals surface area (Å²) in [5, 5.41) is 0. The summed E-state index contributed by atoms with van der Waals surface area (Å²) in [6.45, 7) is 9.07. The molecule has 0 fully saturated rings. The fourth-order valence-corrected chi connectivity index (χ4v) is 2.98. The van der Waals surface area contributed by atoms with Crippen LogP contribution in [0.3, 0.4) is 0 Å². The van der Waals surface area contributed by atoms with Crippen molar-refractivity contribution in [2.45, 2.75) is 33.1 Å². The highest BCUT2D eigenvalue weighted by atomic mass is 14.2. The second kappa shape index (κ2) is 6.04. The van der Waals surface area contributed by atoms with Gasteiger partial charge in [-0.1, -0.05) is 93.6 Å². The maximum Gasteiger partial charge on any atom is -0.0131 e. The first-order valence-electron chi connectivity index (χ1n) is 8.23. The van der Waals surface area contributed by atoms with Crippen LogP contribution in [0.2, 0.25) is 0 Å². The van der Waals surface area contributed by atoms with Crippen molar-refractivity contribution >= 4 is 0 Å². The van der Waals surface area contributed by atoms with Gasteiger partial charge in [-0.05, 0) is 45.7 Å². The Balaban J connectivity index is 2.28. The van der Waals surface area contributed by atoms with E-state index in [2.05, 4.69) is 100 Å². The smallest absolute Gasteiger partial charge is 0.0131 e. The van der Waals surface area contributed by atoms with Gasteiger partial charge >= 0.3 is 0 Å². The van der Waals surface area contributed by atoms with E-state index in [0.29, 0.717) is 0 Å². The fourth-order valence-electron chi connectivity index (χ4n) is 2.98. The third-order valence-corrected chi connectivity index (χ3v) is 4.44. The summed E-state index contributed by atoms with van der Waals surface area (Å²) in [6, 6.07) is 26.1. The summed E-state index contributed by atoms with van der Waals surface area (Å²) in [5.74, 6) is 0. The number of rotatable bonds is 2. The van der Waals surface area contributed by atoms with Crippen molar-refractivity contribution in [1.82, 2.24) is 0 Å². The molecule has 0 heteroatoms. The van der Waals surface area contributed by atoms with E-state index in [1.165, 1.54) is 33.4 Å². The Morgan fingerprint density at radius 1 is 0.609 bits per heavy atom. The zero-order valence-corrected chi connectivity index (χ0v) is 14.4. The first-order valence-corrected chi connectivity index (χ1v) is 8.23. The molecule has 0 nitrogen and oxygen atoms in total. The summed E-state index contributed by atoms with van der Waals surface area (Å²) in [5.41, 5.74) is 8.08. The molecule has 3 aromatic carbocycles. The van der Waals surface area contributed by atoms with Crippen molar-refractivity contribution in [1.29, 1.82) is 0 Å². The molecule has 0 bridgehead atoms. The lowest BCUT2D eigenvalue weighted by atomic mass is 9.81. The second-order valence-corrected chi connectivity index (χ2v) is 7.18. The van der Waals surface area contributed by atoms with E-state index in [4.69, 9.17) is 0 Å². The molecule has 0 unspecified atom stereocenters. The SMILES string of the molecule is Cc1c(-c2ccccc2)cc(C(C)(C)C)cc1-c1ccccc1. The molecule has 0 saturated carbocycles. The van der Waals surface area contributed by atoms with Crippen molar-refractivity contribution in [3.63, 3.8) is 0 Å². The van der Waals surface area contributed by atoms with Crippen molar-refractivity contribution in [3.8, 4) is 22.3 Å². The third kappa shape index (κ3) is 3.22. The third-order valence-electron chi connectivity index (χ3n) is 4.44. The van der Waals surface area contributed by atoms with E-state index >= 15 is 0 Å². The molecule has 0 aromatic heterocycles. The van der Waals surface area contributed by atoms with Crippen LogP contribution in [0.5, 0.6) is 0 Å². The lowest BCUT2D eigenvalue weighted by Crippen LogP contribution is -2.12. The van der Waals surface area contributed by atoms with Crippen LogP contribution in [0.25, 0.3) is 22.3 Å². The highest BCUT2D eigenvalue weighted by Crippen LogP contribution is 2.36. The molecule has 0 aliphatic carbocycles. The Hall–Kier alpha value is -2.34. The van der Waals surface area contributed by atoms with Crippen LogP contribution in [-0.4, -0.2) is 0 Å². The molecule has 0 N–H and O–H groups in total. The molecule has 23 heavy (non-hydrogen) atoms. The number of hydrogen-bond acceptors (Lipinski definition) is 0. The molecule has 0 radical (unpaired) electrons. The van der Waals surface area contributed by atoms with Crippen molar-refractivity contribution in [3.05, 3.63) is 83.9 Å². The van der Waals surface area contributed by atoms with Gasteiger partial charge in [-0.25, -0.2) is 0 Å². The molecule has 0 spiro atoms. The highest BCUT2D eigenvalue weighted by Gasteiger charge is 2.18. The zero-order valence-electron chi connectivity index (χ0n) is 14.4. The van der Waals surface area contributed by atoms with Gasteiger partial charge in [0.1, 0.15) is 0 Å². The average molecular weight is 300 g/mol. The normalized spacial score (nSPS) is 11.5. The number of hydrogen-bond donors (Lipinski definition) is 0. The first kappa shape index (κ1) is 15.6. The van der Waals surface area contributed by atoms with Gasteiger partial charge in [-0.2, -0.15) is 0 Å².